The zero-order chi connectivity index (χ0) is 23.8. The first-order chi connectivity index (χ1) is 15.7. The van der Waals surface area contributed by atoms with Crippen LogP contribution in [-0.4, -0.2) is 36.3 Å². The van der Waals surface area contributed by atoms with Crippen molar-refractivity contribution in [1.82, 2.24) is 8.87 Å². The van der Waals surface area contributed by atoms with Crippen LogP contribution in [0, 0.1) is 19.8 Å². The maximum absolute atomic E-state index is 13.0. The van der Waals surface area contributed by atoms with Crippen molar-refractivity contribution in [2.24, 2.45) is 10.9 Å². The van der Waals surface area contributed by atoms with Gasteiger partial charge in [0, 0.05) is 30.6 Å². The van der Waals surface area contributed by atoms with E-state index in [1.54, 1.807) is 18.2 Å². The van der Waals surface area contributed by atoms with E-state index in [0.717, 1.165) is 10.2 Å². The van der Waals surface area contributed by atoms with Crippen LogP contribution >= 0.6 is 22.9 Å². The molecule has 2 heterocycles. The minimum Gasteiger partial charge on any atom is -0.312 e. The molecule has 9 heteroatoms. The summed E-state index contributed by atoms with van der Waals surface area (Å²) in [6.45, 7) is 9.11. The zero-order valence-electron chi connectivity index (χ0n) is 18.6. The number of benzene rings is 2. The van der Waals surface area contributed by atoms with Crippen molar-refractivity contribution < 1.29 is 13.2 Å². The lowest BCUT2D eigenvalue weighted by Gasteiger charge is -2.29. The van der Waals surface area contributed by atoms with Crippen molar-refractivity contribution in [1.29, 1.82) is 0 Å². The predicted octanol–water partition coefficient (Wildman–Crippen LogP) is 4.69. The number of halogens is 1. The van der Waals surface area contributed by atoms with Crippen LogP contribution in [0.5, 0.6) is 0 Å². The first-order valence-corrected chi connectivity index (χ1v) is 13.4. The lowest BCUT2D eigenvalue weighted by atomic mass is 9.98. The molecule has 0 radical (unpaired) electrons. The Morgan fingerprint density at radius 3 is 2.45 bits per heavy atom. The van der Waals surface area contributed by atoms with E-state index in [9.17, 15) is 13.2 Å². The molecule has 1 amide bonds. The fraction of sp³-hybridized carbons (Fsp3) is 0.333. The van der Waals surface area contributed by atoms with E-state index in [-0.39, 0.29) is 29.8 Å². The number of carbonyl (C=O) groups is 1. The molecule has 0 saturated carbocycles. The van der Waals surface area contributed by atoms with E-state index in [1.807, 2.05) is 4.57 Å². The van der Waals surface area contributed by atoms with Crippen molar-refractivity contribution in [3.63, 3.8) is 0 Å². The highest BCUT2D eigenvalue weighted by Crippen LogP contribution is 2.26. The smallest absolute Gasteiger partial charge is 0.251 e. The molecule has 0 atom stereocenters. The van der Waals surface area contributed by atoms with Crippen molar-refractivity contribution in [2.45, 2.75) is 38.1 Å². The highest BCUT2D eigenvalue weighted by Gasteiger charge is 2.32. The second-order valence-electron chi connectivity index (χ2n) is 8.27. The largest absolute Gasteiger partial charge is 0.312 e. The number of rotatable bonds is 5. The molecule has 0 spiro atoms. The number of aromatic nitrogens is 1. The van der Waals surface area contributed by atoms with Crippen molar-refractivity contribution in [3.05, 3.63) is 70.0 Å². The molecule has 0 bridgehead atoms. The Labute approximate surface area is 202 Å². The molecule has 0 unspecified atom stereocenters. The van der Waals surface area contributed by atoms with Crippen LogP contribution in [0.25, 0.3) is 10.2 Å². The molecular formula is C24H26ClN3O3S2. The molecule has 3 aromatic rings. The average Bonchev–Trinajstić information content (AvgIpc) is 3.10. The van der Waals surface area contributed by atoms with Gasteiger partial charge in [0.25, 0.3) is 5.91 Å². The third kappa shape index (κ3) is 4.84. The third-order valence-corrected chi connectivity index (χ3v) is 9.28. The Bertz CT molecular complexity index is 1380. The van der Waals surface area contributed by atoms with Crippen LogP contribution in [-0.2, 0) is 21.4 Å². The van der Waals surface area contributed by atoms with Crippen molar-refractivity contribution in [3.8, 4) is 0 Å². The number of fused-ring (bicyclic) bond motifs is 1. The van der Waals surface area contributed by atoms with Gasteiger partial charge >= 0.3 is 0 Å². The van der Waals surface area contributed by atoms with Crippen LogP contribution in [0.4, 0.5) is 0 Å². The number of carbonyl (C=O) groups excluding carboxylic acids is 1. The Hall–Kier alpha value is -2.26. The minimum atomic E-state index is -3.61. The van der Waals surface area contributed by atoms with Crippen molar-refractivity contribution >= 4 is 49.1 Å². The highest BCUT2D eigenvalue weighted by molar-refractivity contribution is 7.89. The van der Waals surface area contributed by atoms with Crippen molar-refractivity contribution in [2.75, 3.05) is 13.1 Å². The number of allylic oxidation sites excluding steroid dienone is 1. The van der Waals surface area contributed by atoms with Crippen LogP contribution in [0.15, 0.2) is 58.9 Å². The number of hydrogen-bond acceptors (Lipinski definition) is 4. The van der Waals surface area contributed by atoms with Crippen LogP contribution in [0.1, 0.15) is 24.0 Å². The lowest BCUT2D eigenvalue weighted by Crippen LogP contribution is -2.40. The predicted molar refractivity (Wildman–Crippen MR) is 133 cm³/mol. The van der Waals surface area contributed by atoms with Gasteiger partial charge in [-0.25, -0.2) is 8.42 Å². The monoisotopic (exact) mass is 503 g/mol. The number of sulfonamides is 1. The second-order valence-corrected chi connectivity index (χ2v) is 11.7. The number of thiazole rings is 1. The molecule has 0 N–H and O–H groups in total. The average molecular weight is 504 g/mol. The van der Waals surface area contributed by atoms with Gasteiger partial charge in [-0.05, 0) is 74.2 Å². The van der Waals surface area contributed by atoms with Gasteiger partial charge in [0.1, 0.15) is 0 Å². The van der Waals surface area contributed by atoms with Gasteiger partial charge in [-0.3, -0.25) is 4.79 Å². The normalized spacial score (nSPS) is 16.4. The third-order valence-electron chi connectivity index (χ3n) is 6.07. The van der Waals surface area contributed by atoms with Gasteiger partial charge in [0.05, 0.1) is 15.1 Å². The van der Waals surface area contributed by atoms with E-state index in [4.69, 9.17) is 11.6 Å². The summed E-state index contributed by atoms with van der Waals surface area (Å²) < 4.78 is 30.3. The fourth-order valence-electron chi connectivity index (χ4n) is 4.00. The van der Waals surface area contributed by atoms with Crippen LogP contribution < -0.4 is 4.80 Å². The van der Waals surface area contributed by atoms with E-state index >= 15 is 0 Å². The van der Waals surface area contributed by atoms with Crippen LogP contribution in [0.2, 0.25) is 5.02 Å². The molecule has 6 nitrogen and oxygen atoms in total. The topological polar surface area (TPSA) is 71.7 Å². The Balaban J connectivity index is 1.55. The van der Waals surface area contributed by atoms with Gasteiger partial charge in [-0.15, -0.1) is 6.58 Å². The molecule has 1 fully saturated rings. The summed E-state index contributed by atoms with van der Waals surface area (Å²) in [6.07, 6.45) is 2.68. The molecule has 174 valence electrons. The fourth-order valence-corrected chi connectivity index (χ4v) is 6.72. The Morgan fingerprint density at radius 1 is 1.18 bits per heavy atom. The van der Waals surface area contributed by atoms with E-state index in [1.165, 1.54) is 38.9 Å². The number of amides is 1. The van der Waals surface area contributed by atoms with Gasteiger partial charge < -0.3 is 4.57 Å². The Morgan fingerprint density at radius 2 is 1.82 bits per heavy atom. The molecule has 1 aliphatic rings. The minimum absolute atomic E-state index is 0.198. The highest BCUT2D eigenvalue weighted by atomic mass is 35.5. The number of aryl methyl sites for hydroxylation is 2. The van der Waals surface area contributed by atoms with Gasteiger partial charge in [0.2, 0.25) is 10.0 Å². The van der Waals surface area contributed by atoms with E-state index in [0.29, 0.717) is 29.2 Å². The molecule has 0 aliphatic carbocycles. The molecule has 33 heavy (non-hydrogen) atoms. The second kappa shape index (κ2) is 9.54. The summed E-state index contributed by atoms with van der Waals surface area (Å²) in [5.41, 5.74) is 3.42. The quantitative estimate of drug-likeness (QED) is 0.474. The molecule has 1 aliphatic heterocycles. The maximum Gasteiger partial charge on any atom is 0.251 e. The number of piperidine rings is 1. The summed E-state index contributed by atoms with van der Waals surface area (Å²) in [5.74, 6) is -0.496. The lowest BCUT2D eigenvalue weighted by molar-refractivity contribution is -0.122. The number of hydrogen-bond donors (Lipinski definition) is 0. The summed E-state index contributed by atoms with van der Waals surface area (Å²) in [7, 11) is -3.61. The molecule has 4 rings (SSSR count). The summed E-state index contributed by atoms with van der Waals surface area (Å²) in [6, 6.07) is 10.4. The maximum atomic E-state index is 13.0. The van der Waals surface area contributed by atoms with E-state index < -0.39 is 10.0 Å². The van der Waals surface area contributed by atoms with Gasteiger partial charge in [-0.2, -0.15) is 9.30 Å². The molecule has 1 saturated heterocycles. The first-order valence-electron chi connectivity index (χ1n) is 10.8. The SMILES string of the molecule is C=CCn1c(=NC(=O)C2CCN(S(=O)(=O)c3ccc(Cl)cc3)CC2)sc2cc(C)c(C)cc21. The molecule has 2 aromatic carbocycles. The van der Waals surface area contributed by atoms with Gasteiger partial charge in [0.15, 0.2) is 4.80 Å². The molecular weight excluding hydrogens is 478 g/mol. The van der Waals surface area contributed by atoms with Gasteiger partial charge in [-0.1, -0.05) is 29.0 Å². The summed E-state index contributed by atoms with van der Waals surface area (Å²) in [5, 5.41) is 0.486. The Kier molecular flexibility index (Phi) is 6.91. The zero-order valence-corrected chi connectivity index (χ0v) is 21.0. The molecule has 1 aromatic heterocycles. The first kappa shape index (κ1) is 23.9. The standard InChI is InChI=1S/C24H26ClN3O3S2/c1-4-11-28-21-14-16(2)17(3)15-22(21)32-24(28)26-23(29)18-9-12-27(13-10-18)33(30,31)20-7-5-19(25)6-8-20/h4-8,14-15,18H,1,9-13H2,2-3H3. The van der Waals surface area contributed by atoms with Crippen LogP contribution in [0.3, 0.4) is 0 Å². The number of nitrogens with zero attached hydrogens (tertiary/aromatic N) is 3. The summed E-state index contributed by atoms with van der Waals surface area (Å²) in [4.78, 5) is 18.3. The summed E-state index contributed by atoms with van der Waals surface area (Å²) >= 11 is 7.37. The van der Waals surface area contributed by atoms with E-state index in [2.05, 4.69) is 37.6 Å².